The summed E-state index contributed by atoms with van der Waals surface area (Å²) in [6, 6.07) is 0. The summed E-state index contributed by atoms with van der Waals surface area (Å²) in [5.74, 6) is 0. The van der Waals surface area contributed by atoms with Crippen molar-refractivity contribution in [1.82, 2.24) is 0 Å². The molecule has 0 aliphatic rings. The van der Waals surface area contributed by atoms with Gasteiger partial charge < -0.3 is 10.2 Å². The number of rotatable bonds is 2. The Hall–Kier alpha value is -0.820. The van der Waals surface area contributed by atoms with Crippen molar-refractivity contribution < 1.29 is 71.3 Å². The van der Waals surface area contributed by atoms with Gasteiger partial charge >= 0.3 is 43.6 Å². The van der Waals surface area contributed by atoms with E-state index in [0.29, 0.717) is 0 Å². The number of hydrogen-bond donors (Lipinski definition) is 4. The Bertz CT molecular complexity index is 499. The lowest BCUT2D eigenvalue weighted by Gasteiger charge is -2.07. The van der Waals surface area contributed by atoms with Gasteiger partial charge in [-0.1, -0.05) is 0 Å². The molecule has 0 aliphatic heterocycles. The van der Waals surface area contributed by atoms with Crippen LogP contribution in [-0.2, 0) is 20.2 Å². The van der Waals surface area contributed by atoms with Crippen LogP contribution in [0.25, 0.3) is 0 Å². The van der Waals surface area contributed by atoms with E-state index in [9.17, 15) is 52.0 Å². The quantitative estimate of drug-likeness (QED) is 0.288. The minimum atomic E-state index is -5.65. The number of aliphatic hydroxyl groups is 2. The van der Waals surface area contributed by atoms with Crippen molar-refractivity contribution in [1.29, 1.82) is 0 Å². The van der Waals surface area contributed by atoms with Crippen molar-refractivity contribution in [3.8, 4) is 0 Å². The van der Waals surface area contributed by atoms with E-state index in [4.69, 9.17) is 19.3 Å². The molecular formula is C6H10F8O8S2. The average Bonchev–Trinajstić information content (AvgIpc) is 2.22. The summed E-state index contributed by atoms with van der Waals surface area (Å²) in [6.45, 7) is 1.28. The monoisotopic (exact) mass is 426 g/mol. The molecule has 0 bridgehead atoms. The molecule has 0 amide bonds. The van der Waals surface area contributed by atoms with Crippen LogP contribution in [0.2, 0.25) is 0 Å². The van der Waals surface area contributed by atoms with E-state index in [1.165, 1.54) is 6.92 Å². The minimum absolute atomic E-state index is 1.17. The summed E-state index contributed by atoms with van der Waals surface area (Å²) in [6.07, 6.45) is -12.3. The standard InChI is InChI=1S/2C2H2F4O3S.C2H6O2/c2*3-1(2(4,5)6)10(7,8)9;1-2(3)4/h2*1H,(H,7,8,9);2-4H,1H3. The highest BCUT2D eigenvalue weighted by atomic mass is 32.2. The van der Waals surface area contributed by atoms with Crippen LogP contribution in [0.15, 0.2) is 0 Å². The van der Waals surface area contributed by atoms with Crippen molar-refractivity contribution in [2.75, 3.05) is 0 Å². The van der Waals surface area contributed by atoms with Gasteiger partial charge in [-0.05, 0) is 6.92 Å². The zero-order valence-electron chi connectivity index (χ0n) is 11.0. The maximum atomic E-state index is 11.5. The number of hydrogen-bond acceptors (Lipinski definition) is 6. The molecule has 2 unspecified atom stereocenters. The highest BCUT2D eigenvalue weighted by molar-refractivity contribution is 7.86. The fourth-order valence-electron chi connectivity index (χ4n) is 0.338. The van der Waals surface area contributed by atoms with Gasteiger partial charge in [-0.3, -0.25) is 9.11 Å². The lowest BCUT2D eigenvalue weighted by molar-refractivity contribution is -0.158. The van der Waals surface area contributed by atoms with Gasteiger partial charge in [0.2, 0.25) is 0 Å². The third kappa shape index (κ3) is 16.1. The Balaban J connectivity index is -0.000000301. The van der Waals surface area contributed by atoms with Crippen molar-refractivity contribution >= 4 is 20.2 Å². The van der Waals surface area contributed by atoms with E-state index in [1.807, 2.05) is 0 Å². The van der Waals surface area contributed by atoms with Crippen molar-refractivity contribution in [2.24, 2.45) is 0 Å². The lowest BCUT2D eigenvalue weighted by atomic mass is 10.7. The molecule has 0 spiro atoms. The Morgan fingerprint density at radius 1 is 0.708 bits per heavy atom. The topological polar surface area (TPSA) is 149 Å². The van der Waals surface area contributed by atoms with Crippen LogP contribution in [-0.4, -0.2) is 65.8 Å². The average molecular weight is 426 g/mol. The van der Waals surface area contributed by atoms with Crippen molar-refractivity contribution in [3.05, 3.63) is 0 Å². The highest BCUT2D eigenvalue weighted by Crippen LogP contribution is 2.26. The summed E-state index contributed by atoms with van der Waals surface area (Å²) in [5.41, 5.74) is -8.42. The number of halogens is 8. The van der Waals surface area contributed by atoms with Gasteiger partial charge in [0.1, 0.15) is 6.29 Å². The molecule has 0 radical (unpaired) electrons. The van der Waals surface area contributed by atoms with Crippen LogP contribution in [0.3, 0.4) is 0 Å². The first kappa shape index (κ1) is 28.0. The Kier molecular flexibility index (Phi) is 11.2. The molecule has 0 heterocycles. The molecule has 18 heteroatoms. The molecule has 0 rings (SSSR count). The summed E-state index contributed by atoms with van der Waals surface area (Å²) in [4.78, 5) is 0. The second-order valence-corrected chi connectivity index (χ2v) is 6.26. The van der Waals surface area contributed by atoms with Gasteiger partial charge in [0.05, 0.1) is 0 Å². The zero-order valence-corrected chi connectivity index (χ0v) is 12.6. The maximum Gasteiger partial charge on any atom is 0.436 e. The van der Waals surface area contributed by atoms with E-state index in [0.717, 1.165) is 0 Å². The molecule has 0 saturated heterocycles. The normalized spacial score (nSPS) is 15.6. The molecule has 0 aromatic rings. The predicted molar refractivity (Wildman–Crippen MR) is 58.9 cm³/mol. The first-order valence-corrected chi connectivity index (χ1v) is 7.75. The summed E-state index contributed by atoms with van der Waals surface area (Å²) in [5, 5.41) is 15.2. The van der Waals surface area contributed by atoms with E-state index >= 15 is 0 Å². The fourth-order valence-corrected chi connectivity index (χ4v) is 1.01. The Morgan fingerprint density at radius 2 is 0.833 bits per heavy atom. The molecule has 0 aromatic heterocycles. The van der Waals surface area contributed by atoms with Crippen molar-refractivity contribution in [3.63, 3.8) is 0 Å². The second kappa shape index (κ2) is 9.61. The van der Waals surface area contributed by atoms with E-state index in [-0.39, 0.29) is 0 Å². The van der Waals surface area contributed by atoms with Crippen LogP contribution < -0.4 is 0 Å². The highest BCUT2D eigenvalue weighted by Gasteiger charge is 2.49. The van der Waals surface area contributed by atoms with Crippen LogP contribution >= 0.6 is 0 Å². The number of alkyl halides is 8. The van der Waals surface area contributed by atoms with E-state index < -0.39 is 49.9 Å². The van der Waals surface area contributed by atoms with E-state index in [1.54, 1.807) is 0 Å². The fraction of sp³-hybridized carbons (Fsp3) is 1.00. The van der Waals surface area contributed by atoms with Gasteiger partial charge in [0, 0.05) is 0 Å². The summed E-state index contributed by atoms with van der Waals surface area (Å²) >= 11 is 0. The van der Waals surface area contributed by atoms with Crippen molar-refractivity contribution in [2.45, 2.75) is 36.6 Å². The Labute approximate surface area is 129 Å². The van der Waals surface area contributed by atoms with E-state index in [2.05, 4.69) is 0 Å². The van der Waals surface area contributed by atoms with Crippen LogP contribution in [0.1, 0.15) is 6.92 Å². The maximum absolute atomic E-state index is 11.5. The molecular weight excluding hydrogens is 416 g/mol. The first-order valence-electron chi connectivity index (χ1n) is 4.74. The predicted octanol–water partition coefficient (Wildman–Crippen LogP) is 0.781. The molecule has 0 saturated carbocycles. The van der Waals surface area contributed by atoms with Crippen LogP contribution in [0.4, 0.5) is 35.1 Å². The second-order valence-electron chi connectivity index (χ2n) is 3.38. The van der Waals surface area contributed by atoms with Crippen LogP contribution in [0.5, 0.6) is 0 Å². The summed E-state index contributed by atoms with van der Waals surface area (Å²) in [7, 11) is -11.3. The Morgan fingerprint density at radius 3 is 0.833 bits per heavy atom. The first-order chi connectivity index (χ1) is 10.0. The molecule has 0 fully saturated rings. The SMILES string of the molecule is CC(O)O.O=S(=O)(O)C(F)C(F)(F)F.O=S(=O)(O)C(F)C(F)(F)F. The molecule has 0 aromatic carbocycles. The largest absolute Gasteiger partial charge is 0.436 e. The van der Waals surface area contributed by atoms with Gasteiger partial charge in [-0.2, -0.15) is 43.2 Å². The molecule has 0 aliphatic carbocycles. The molecule has 2 atom stereocenters. The molecule has 24 heavy (non-hydrogen) atoms. The van der Waals surface area contributed by atoms with Gasteiger partial charge in [0.15, 0.2) is 0 Å². The third-order valence-electron chi connectivity index (χ3n) is 1.04. The van der Waals surface area contributed by atoms with Crippen LogP contribution in [0, 0.1) is 0 Å². The van der Waals surface area contributed by atoms with Gasteiger partial charge in [0.25, 0.3) is 0 Å². The molecule has 4 N–H and O–H groups in total. The third-order valence-corrected chi connectivity index (χ3v) is 2.62. The molecule has 150 valence electrons. The molecule has 8 nitrogen and oxygen atoms in total. The summed E-state index contributed by atoms with van der Waals surface area (Å²) < 4.78 is 142. The van der Waals surface area contributed by atoms with Gasteiger partial charge in [-0.25, -0.2) is 8.78 Å². The smallest absolute Gasteiger partial charge is 0.368 e. The minimum Gasteiger partial charge on any atom is -0.368 e. The van der Waals surface area contributed by atoms with Gasteiger partial charge in [-0.15, -0.1) is 0 Å². The number of aliphatic hydroxyl groups excluding tert-OH is 1. The zero-order chi connectivity index (χ0) is 20.7. The lowest BCUT2D eigenvalue weighted by Crippen LogP contribution is -2.31.